The Morgan fingerprint density at radius 1 is 1.28 bits per heavy atom. The van der Waals surface area contributed by atoms with E-state index in [4.69, 9.17) is 11.6 Å². The standard InChI is InChI=1S/C18H31ClF2N4O3S/c1-25-9-15(22-11-25)12-7-13(16(20)14(19)8-12)17(26)23-24-29(27,28)10-18(21)5-3-2-4-6-18/h12-16,22,24H,2-11H2,1H3,(H,23,26). The molecule has 3 fully saturated rings. The number of likely N-dealkylation sites (N-methyl/N-ethyl adjacent to an activating group) is 1. The van der Waals surface area contributed by atoms with Gasteiger partial charge in [-0.2, -0.15) is 0 Å². The number of carbonyl (C=O) groups is 1. The minimum Gasteiger partial charge on any atom is -0.300 e. The number of nitrogens with one attached hydrogen (secondary N) is 3. The van der Waals surface area contributed by atoms with Crippen LogP contribution in [-0.2, 0) is 14.8 Å². The van der Waals surface area contributed by atoms with Gasteiger partial charge in [0.15, 0.2) is 0 Å². The lowest BCUT2D eigenvalue weighted by Gasteiger charge is -2.37. The second-order valence-electron chi connectivity index (χ2n) is 8.87. The highest BCUT2D eigenvalue weighted by atomic mass is 35.5. The summed E-state index contributed by atoms with van der Waals surface area (Å²) in [6.45, 7) is 1.50. The summed E-state index contributed by atoms with van der Waals surface area (Å²) in [4.78, 5) is 16.6. The number of amides is 1. The van der Waals surface area contributed by atoms with Gasteiger partial charge in [-0.1, -0.05) is 19.3 Å². The lowest BCUT2D eigenvalue weighted by atomic mass is 9.76. The molecule has 0 aromatic rings. The van der Waals surface area contributed by atoms with Gasteiger partial charge in [0.2, 0.25) is 15.9 Å². The van der Waals surface area contributed by atoms with E-state index in [0.717, 1.165) is 19.6 Å². The van der Waals surface area contributed by atoms with E-state index < -0.39 is 44.8 Å². The molecule has 3 rings (SSSR count). The van der Waals surface area contributed by atoms with E-state index >= 15 is 0 Å². The Morgan fingerprint density at radius 3 is 2.59 bits per heavy atom. The Kier molecular flexibility index (Phi) is 7.41. The van der Waals surface area contributed by atoms with E-state index in [1.165, 1.54) is 0 Å². The van der Waals surface area contributed by atoms with Gasteiger partial charge in [0.1, 0.15) is 11.8 Å². The SMILES string of the molecule is CN1CNC(C2CC(Cl)C(F)C(C(=O)NNS(=O)(=O)CC3(F)CCCCC3)C2)C1. The largest absolute Gasteiger partial charge is 0.300 e. The van der Waals surface area contributed by atoms with E-state index in [9.17, 15) is 22.0 Å². The molecular weight excluding hydrogens is 426 g/mol. The van der Waals surface area contributed by atoms with Gasteiger partial charge in [-0.3, -0.25) is 20.4 Å². The maximum absolute atomic E-state index is 14.7. The Balaban J connectivity index is 1.56. The molecule has 2 aliphatic carbocycles. The first-order valence-corrected chi connectivity index (χ1v) is 12.4. The summed E-state index contributed by atoms with van der Waals surface area (Å²) in [5.41, 5.74) is 0.314. The zero-order chi connectivity index (χ0) is 21.2. The van der Waals surface area contributed by atoms with Crippen LogP contribution in [0.4, 0.5) is 8.78 Å². The Hall–Kier alpha value is -0.550. The van der Waals surface area contributed by atoms with Crippen LogP contribution >= 0.6 is 11.6 Å². The van der Waals surface area contributed by atoms with Gasteiger partial charge in [-0.05, 0) is 38.6 Å². The third-order valence-corrected chi connectivity index (χ3v) is 8.11. The Labute approximate surface area is 176 Å². The summed E-state index contributed by atoms with van der Waals surface area (Å²) in [7, 11) is -2.11. The highest BCUT2D eigenvalue weighted by Crippen LogP contribution is 2.37. The number of rotatable bonds is 6. The number of nitrogens with zero attached hydrogens (tertiary/aromatic N) is 1. The number of hydrazine groups is 1. The van der Waals surface area contributed by atoms with E-state index in [2.05, 4.69) is 15.6 Å². The van der Waals surface area contributed by atoms with Crippen molar-refractivity contribution in [2.75, 3.05) is 26.0 Å². The average molecular weight is 457 g/mol. The van der Waals surface area contributed by atoms with Crippen molar-refractivity contribution in [1.29, 1.82) is 0 Å². The molecule has 0 bridgehead atoms. The molecule has 168 valence electrons. The van der Waals surface area contributed by atoms with E-state index in [-0.39, 0.29) is 31.2 Å². The fourth-order valence-electron chi connectivity index (χ4n) is 4.78. The molecule has 0 aromatic carbocycles. The summed E-state index contributed by atoms with van der Waals surface area (Å²) in [5, 5.41) is 2.52. The highest BCUT2D eigenvalue weighted by Gasteiger charge is 2.45. The zero-order valence-corrected chi connectivity index (χ0v) is 18.2. The first-order valence-electron chi connectivity index (χ1n) is 10.3. The maximum Gasteiger partial charge on any atom is 0.241 e. The maximum atomic E-state index is 14.7. The highest BCUT2D eigenvalue weighted by molar-refractivity contribution is 7.89. The Bertz CT molecular complexity index is 693. The van der Waals surface area contributed by atoms with Crippen LogP contribution in [0.15, 0.2) is 0 Å². The predicted molar refractivity (Wildman–Crippen MR) is 107 cm³/mol. The number of carbonyl (C=O) groups excluding carboxylic acids is 1. The zero-order valence-electron chi connectivity index (χ0n) is 16.7. The van der Waals surface area contributed by atoms with E-state index in [1.807, 2.05) is 11.9 Å². The molecule has 29 heavy (non-hydrogen) atoms. The second kappa shape index (κ2) is 9.30. The number of halogens is 3. The van der Waals surface area contributed by atoms with Crippen LogP contribution in [0.1, 0.15) is 44.9 Å². The van der Waals surface area contributed by atoms with E-state index in [0.29, 0.717) is 19.3 Å². The van der Waals surface area contributed by atoms with E-state index in [1.54, 1.807) is 0 Å². The van der Waals surface area contributed by atoms with Gasteiger partial charge in [-0.25, -0.2) is 17.2 Å². The number of alkyl halides is 3. The van der Waals surface area contributed by atoms with Crippen molar-refractivity contribution in [2.24, 2.45) is 11.8 Å². The van der Waals surface area contributed by atoms with Crippen molar-refractivity contribution in [3.05, 3.63) is 0 Å². The van der Waals surface area contributed by atoms with Crippen LogP contribution in [0.2, 0.25) is 0 Å². The van der Waals surface area contributed by atoms with Crippen molar-refractivity contribution < 1.29 is 22.0 Å². The smallest absolute Gasteiger partial charge is 0.241 e. The van der Waals surface area contributed by atoms with Gasteiger partial charge >= 0.3 is 0 Å². The van der Waals surface area contributed by atoms with Gasteiger partial charge in [0.05, 0.1) is 17.0 Å². The lowest BCUT2D eigenvalue weighted by Crippen LogP contribution is -2.53. The first kappa shape index (κ1) is 23.1. The van der Waals surface area contributed by atoms with Crippen LogP contribution in [0.25, 0.3) is 0 Å². The summed E-state index contributed by atoms with van der Waals surface area (Å²) >= 11 is 6.17. The molecule has 0 spiro atoms. The summed E-state index contributed by atoms with van der Waals surface area (Å²) in [6.07, 6.45) is 1.72. The molecular formula is C18H31ClF2N4O3S. The Morgan fingerprint density at radius 2 is 1.97 bits per heavy atom. The summed E-state index contributed by atoms with van der Waals surface area (Å²) < 4.78 is 53.8. The molecule has 7 nitrogen and oxygen atoms in total. The van der Waals surface area contributed by atoms with Gasteiger partial charge < -0.3 is 0 Å². The van der Waals surface area contributed by atoms with Gasteiger partial charge in [-0.15, -0.1) is 16.4 Å². The molecule has 1 amide bonds. The second-order valence-corrected chi connectivity index (χ2v) is 11.2. The molecule has 1 aliphatic heterocycles. The molecule has 2 saturated carbocycles. The van der Waals surface area contributed by atoms with Crippen LogP contribution in [-0.4, -0.2) is 68.5 Å². The third-order valence-electron chi connectivity index (χ3n) is 6.38. The molecule has 0 aromatic heterocycles. The fraction of sp³-hybridized carbons (Fsp3) is 0.944. The third kappa shape index (κ3) is 6.00. The molecule has 5 unspecified atom stereocenters. The van der Waals surface area contributed by atoms with Crippen LogP contribution < -0.4 is 15.6 Å². The molecule has 5 atom stereocenters. The number of hydrogen-bond acceptors (Lipinski definition) is 5. The van der Waals surface area contributed by atoms with Gasteiger partial charge in [0, 0.05) is 19.3 Å². The fourth-order valence-corrected chi connectivity index (χ4v) is 6.49. The van der Waals surface area contributed by atoms with Crippen molar-refractivity contribution in [1.82, 2.24) is 20.5 Å². The molecule has 3 N–H and O–H groups in total. The van der Waals surface area contributed by atoms with Crippen molar-refractivity contribution in [3.8, 4) is 0 Å². The molecule has 1 heterocycles. The molecule has 0 radical (unpaired) electrons. The summed E-state index contributed by atoms with van der Waals surface area (Å²) in [6, 6.07) is 0.110. The topological polar surface area (TPSA) is 90.5 Å². The monoisotopic (exact) mass is 456 g/mol. The quantitative estimate of drug-likeness (QED) is 0.415. The minimum absolute atomic E-state index is 0.0122. The minimum atomic E-state index is -4.07. The summed E-state index contributed by atoms with van der Waals surface area (Å²) in [5.74, 6) is -2.51. The molecule has 11 heteroatoms. The normalized spacial score (nSPS) is 36.1. The first-order chi connectivity index (χ1) is 13.6. The van der Waals surface area contributed by atoms with Crippen molar-refractivity contribution in [2.45, 2.75) is 68.2 Å². The molecule has 1 saturated heterocycles. The van der Waals surface area contributed by atoms with Crippen molar-refractivity contribution in [3.63, 3.8) is 0 Å². The van der Waals surface area contributed by atoms with Crippen molar-refractivity contribution >= 4 is 27.5 Å². The number of hydrogen-bond donors (Lipinski definition) is 3. The average Bonchev–Trinajstić information content (AvgIpc) is 3.08. The van der Waals surface area contributed by atoms with Crippen LogP contribution in [0.5, 0.6) is 0 Å². The van der Waals surface area contributed by atoms with Gasteiger partial charge in [0.25, 0.3) is 0 Å². The van der Waals surface area contributed by atoms with Crippen LogP contribution in [0, 0.1) is 11.8 Å². The lowest BCUT2D eigenvalue weighted by molar-refractivity contribution is -0.129. The predicted octanol–water partition coefficient (Wildman–Crippen LogP) is 1.44. The number of sulfonamides is 1. The van der Waals surface area contributed by atoms with Crippen LogP contribution in [0.3, 0.4) is 0 Å². The molecule has 3 aliphatic rings.